The summed E-state index contributed by atoms with van der Waals surface area (Å²) in [5, 5.41) is 0. The third kappa shape index (κ3) is 3.14. The number of nitrogens with zero attached hydrogens (tertiary/aromatic N) is 3. The molecule has 0 bridgehead atoms. The largest absolute Gasteiger partial charge is 0.446 e. The van der Waals surface area contributed by atoms with E-state index in [4.69, 9.17) is 9.47 Å². The highest BCUT2D eigenvalue weighted by molar-refractivity contribution is 5.69. The molecule has 23 heavy (non-hydrogen) atoms. The predicted octanol–water partition coefficient (Wildman–Crippen LogP) is 0.180. The second-order valence-electron chi connectivity index (χ2n) is 4.98. The highest BCUT2D eigenvalue weighted by Crippen LogP contribution is 2.19. The Morgan fingerprint density at radius 2 is 2.26 bits per heavy atom. The molecule has 9 heteroatoms. The van der Waals surface area contributed by atoms with Gasteiger partial charge in [0.1, 0.15) is 19.0 Å². The molecule has 3 rings (SSSR count). The predicted molar refractivity (Wildman–Crippen MR) is 78.1 cm³/mol. The van der Waals surface area contributed by atoms with Gasteiger partial charge in [-0.2, -0.15) is 0 Å². The molecule has 2 aromatic heterocycles. The van der Waals surface area contributed by atoms with Gasteiger partial charge in [0, 0.05) is 24.2 Å². The molecule has 0 radical (unpaired) electrons. The minimum Gasteiger partial charge on any atom is -0.446 e. The van der Waals surface area contributed by atoms with Gasteiger partial charge >= 0.3 is 11.8 Å². The van der Waals surface area contributed by atoms with Gasteiger partial charge in [0.25, 0.3) is 5.56 Å². The maximum absolute atomic E-state index is 11.8. The number of aryl methyl sites for hydroxylation is 1. The van der Waals surface area contributed by atoms with E-state index in [1.807, 2.05) is 0 Å². The van der Waals surface area contributed by atoms with Gasteiger partial charge in [0.2, 0.25) is 0 Å². The van der Waals surface area contributed by atoms with Crippen LogP contribution in [-0.2, 0) is 9.47 Å². The Morgan fingerprint density at radius 1 is 1.43 bits per heavy atom. The Morgan fingerprint density at radius 3 is 3.00 bits per heavy atom. The van der Waals surface area contributed by atoms with Gasteiger partial charge in [-0.3, -0.25) is 14.3 Å². The zero-order chi connectivity index (χ0) is 16.4. The summed E-state index contributed by atoms with van der Waals surface area (Å²) in [5.74, 6) is 0. The number of ether oxygens (including phenoxy) is 2. The molecule has 0 amide bonds. The fourth-order valence-corrected chi connectivity index (χ4v) is 2.11. The summed E-state index contributed by atoms with van der Waals surface area (Å²) in [5.41, 5.74) is -0.595. The minimum absolute atomic E-state index is 0.00109. The van der Waals surface area contributed by atoms with Crippen molar-refractivity contribution in [3.63, 3.8) is 0 Å². The quantitative estimate of drug-likeness (QED) is 0.809. The molecule has 2 aromatic rings. The first-order chi connectivity index (χ1) is 11.0. The van der Waals surface area contributed by atoms with Gasteiger partial charge in [-0.15, -0.1) is 0 Å². The van der Waals surface area contributed by atoms with E-state index in [2.05, 4.69) is 9.97 Å². The molecular formula is C14H14N4O5. The highest BCUT2D eigenvalue weighted by Gasteiger charge is 2.23. The normalized spacial score (nSPS) is 19.9. The number of nitrogens with one attached hydrogen (secondary N) is 1. The Kier molecular flexibility index (Phi) is 3.94. The fraction of sp³-hybridized carbons (Fsp3) is 0.286. The van der Waals surface area contributed by atoms with Crippen LogP contribution < -0.4 is 11.2 Å². The number of aromatic nitrogens is 4. The maximum Gasteiger partial charge on any atom is 0.419 e. The molecule has 0 aliphatic carbocycles. The van der Waals surface area contributed by atoms with Gasteiger partial charge in [0.05, 0.1) is 0 Å². The number of imidazole rings is 1. The summed E-state index contributed by atoms with van der Waals surface area (Å²) >= 11 is 0. The first-order valence-corrected chi connectivity index (χ1v) is 6.85. The number of rotatable bonds is 3. The van der Waals surface area contributed by atoms with E-state index in [1.165, 1.54) is 34.1 Å². The molecule has 0 aromatic carbocycles. The smallest absolute Gasteiger partial charge is 0.419 e. The van der Waals surface area contributed by atoms with Crippen molar-refractivity contribution in [2.24, 2.45) is 0 Å². The van der Waals surface area contributed by atoms with Crippen molar-refractivity contribution in [3.8, 4) is 0 Å². The average molecular weight is 318 g/mol. The molecule has 0 spiro atoms. The van der Waals surface area contributed by atoms with Crippen molar-refractivity contribution in [1.29, 1.82) is 0 Å². The summed E-state index contributed by atoms with van der Waals surface area (Å²) in [6.07, 6.45) is 7.34. The summed E-state index contributed by atoms with van der Waals surface area (Å²) in [6, 6.07) is 0. The van der Waals surface area contributed by atoms with Crippen LogP contribution in [0.4, 0.5) is 4.79 Å². The topological polar surface area (TPSA) is 108 Å². The van der Waals surface area contributed by atoms with E-state index in [-0.39, 0.29) is 6.61 Å². The molecule has 0 fully saturated rings. The van der Waals surface area contributed by atoms with Crippen LogP contribution in [0.3, 0.4) is 0 Å². The monoisotopic (exact) mass is 318 g/mol. The zero-order valence-corrected chi connectivity index (χ0v) is 12.2. The number of hydrogen-bond donors (Lipinski definition) is 1. The second-order valence-corrected chi connectivity index (χ2v) is 4.98. The maximum atomic E-state index is 11.8. The number of H-pyrrole nitrogens is 1. The van der Waals surface area contributed by atoms with Crippen molar-refractivity contribution >= 4 is 6.09 Å². The van der Waals surface area contributed by atoms with Crippen molar-refractivity contribution in [1.82, 2.24) is 19.1 Å². The molecule has 0 unspecified atom stereocenters. The van der Waals surface area contributed by atoms with Crippen molar-refractivity contribution in [2.75, 3.05) is 6.61 Å². The first kappa shape index (κ1) is 15.0. The van der Waals surface area contributed by atoms with Gasteiger partial charge in [-0.25, -0.2) is 19.1 Å². The lowest BCUT2D eigenvalue weighted by molar-refractivity contribution is -0.0148. The lowest BCUT2D eigenvalue weighted by atomic mass is 10.3. The fourth-order valence-electron chi connectivity index (χ4n) is 2.11. The minimum atomic E-state index is -0.657. The van der Waals surface area contributed by atoms with Crippen LogP contribution in [0.1, 0.15) is 11.8 Å². The van der Waals surface area contributed by atoms with Crippen LogP contribution >= 0.6 is 0 Å². The summed E-state index contributed by atoms with van der Waals surface area (Å²) in [7, 11) is 0. The van der Waals surface area contributed by atoms with E-state index in [0.29, 0.717) is 5.56 Å². The Balaban J connectivity index is 1.62. The number of aromatic amines is 1. The third-order valence-corrected chi connectivity index (χ3v) is 3.31. The van der Waals surface area contributed by atoms with Gasteiger partial charge in [0.15, 0.2) is 6.23 Å². The molecule has 1 N–H and O–H groups in total. The van der Waals surface area contributed by atoms with Crippen LogP contribution in [-0.4, -0.2) is 37.9 Å². The molecule has 3 heterocycles. The van der Waals surface area contributed by atoms with Crippen molar-refractivity contribution < 1.29 is 14.3 Å². The summed E-state index contributed by atoms with van der Waals surface area (Å²) < 4.78 is 13.2. The molecule has 1 aliphatic heterocycles. The third-order valence-electron chi connectivity index (χ3n) is 3.31. The molecule has 1 aliphatic rings. The van der Waals surface area contributed by atoms with E-state index >= 15 is 0 Å². The molecule has 0 saturated carbocycles. The van der Waals surface area contributed by atoms with Crippen molar-refractivity contribution in [3.05, 3.63) is 63.5 Å². The average Bonchev–Trinajstić information content (AvgIpc) is 3.20. The Bertz CT molecular complexity index is 849. The van der Waals surface area contributed by atoms with Crippen LogP contribution in [0.2, 0.25) is 0 Å². The van der Waals surface area contributed by atoms with Crippen LogP contribution in [0.25, 0.3) is 0 Å². The van der Waals surface area contributed by atoms with E-state index in [1.54, 1.807) is 19.1 Å². The van der Waals surface area contributed by atoms with E-state index < -0.39 is 29.7 Å². The zero-order valence-electron chi connectivity index (χ0n) is 12.2. The lowest BCUT2D eigenvalue weighted by Crippen LogP contribution is -2.33. The molecule has 120 valence electrons. The number of hydrogen-bond acceptors (Lipinski definition) is 6. The highest BCUT2D eigenvalue weighted by atomic mass is 16.6. The van der Waals surface area contributed by atoms with Crippen LogP contribution in [0.5, 0.6) is 0 Å². The van der Waals surface area contributed by atoms with Crippen LogP contribution in [0.15, 0.2) is 46.7 Å². The molecule has 2 atom stereocenters. The molecule has 0 saturated heterocycles. The number of carbonyl (C=O) groups excluding carboxylic acids is 1. The Labute approximate surface area is 129 Å². The molecule has 9 nitrogen and oxygen atoms in total. The summed E-state index contributed by atoms with van der Waals surface area (Å²) in [6.45, 7) is 1.60. The SMILES string of the molecule is Cc1cn([C@H]2C=C[C@@H](COC(=O)n3ccnc3)O2)c(=O)[nH]c1=O. The number of carbonyl (C=O) groups is 1. The van der Waals surface area contributed by atoms with Gasteiger partial charge < -0.3 is 9.47 Å². The van der Waals surface area contributed by atoms with Gasteiger partial charge in [-0.1, -0.05) is 6.08 Å². The van der Waals surface area contributed by atoms with E-state index in [9.17, 15) is 14.4 Å². The Hall–Kier alpha value is -2.94. The van der Waals surface area contributed by atoms with Crippen LogP contribution in [0, 0.1) is 6.92 Å². The standard InChI is InChI=1S/C14H14N4O5/c1-9-6-18(13(20)16-12(9)19)11-3-2-10(23-11)7-22-14(21)17-5-4-15-8-17/h2-6,8,10-11H,7H2,1H3,(H,16,19,20)/t10-,11+/m0/s1. The summed E-state index contributed by atoms with van der Waals surface area (Å²) in [4.78, 5) is 40.8. The molecular weight excluding hydrogens is 304 g/mol. The second kappa shape index (κ2) is 6.05. The van der Waals surface area contributed by atoms with Gasteiger partial charge in [-0.05, 0) is 13.0 Å². The first-order valence-electron chi connectivity index (χ1n) is 6.85. The van der Waals surface area contributed by atoms with E-state index in [0.717, 1.165) is 0 Å². The lowest BCUT2D eigenvalue weighted by Gasteiger charge is -2.16. The van der Waals surface area contributed by atoms with Crippen molar-refractivity contribution in [2.45, 2.75) is 19.3 Å².